The first-order valence-electron chi connectivity index (χ1n) is 6.19. The molecule has 1 atom stereocenters. The largest absolute Gasteiger partial charge is 0.494 e. The summed E-state index contributed by atoms with van der Waals surface area (Å²) in [6.45, 7) is 0.682. The first kappa shape index (κ1) is 11.8. The summed E-state index contributed by atoms with van der Waals surface area (Å²) in [7, 11) is 1.59. The van der Waals surface area contributed by atoms with Crippen molar-refractivity contribution in [1.82, 2.24) is 9.97 Å². The number of hydrogen-bond acceptors (Lipinski definition) is 5. The number of anilines is 1. The van der Waals surface area contributed by atoms with E-state index in [4.69, 9.17) is 9.47 Å². The van der Waals surface area contributed by atoms with Crippen LogP contribution in [0.1, 0.15) is 5.56 Å². The minimum Gasteiger partial charge on any atom is -0.494 e. The fourth-order valence-electron chi connectivity index (χ4n) is 2.09. The number of aromatic nitrogens is 2. The van der Waals surface area contributed by atoms with Crippen molar-refractivity contribution >= 4 is 5.95 Å². The Kier molecular flexibility index (Phi) is 3.18. The number of benzene rings is 1. The van der Waals surface area contributed by atoms with Gasteiger partial charge >= 0.3 is 0 Å². The third kappa shape index (κ3) is 2.59. The summed E-state index contributed by atoms with van der Waals surface area (Å²) in [6.07, 6.45) is 4.32. The number of para-hydroxylation sites is 1. The second kappa shape index (κ2) is 5.14. The summed E-state index contributed by atoms with van der Waals surface area (Å²) in [5.74, 6) is 2.21. The standard InChI is InChI=1S/C14H15N3O2/c1-18-12-8-16-14(17-9-12)15-7-11-6-10-4-2-3-5-13(10)19-11/h2-5,8-9,11H,6-7H2,1H3,(H,15,16,17). The molecule has 0 bridgehead atoms. The summed E-state index contributed by atoms with van der Waals surface area (Å²) in [4.78, 5) is 8.31. The second-order valence-corrected chi connectivity index (χ2v) is 4.38. The summed E-state index contributed by atoms with van der Waals surface area (Å²) in [6, 6.07) is 8.12. The van der Waals surface area contributed by atoms with E-state index in [2.05, 4.69) is 21.4 Å². The smallest absolute Gasteiger partial charge is 0.222 e. The highest BCUT2D eigenvalue weighted by atomic mass is 16.5. The second-order valence-electron chi connectivity index (χ2n) is 4.38. The molecule has 0 saturated heterocycles. The van der Waals surface area contributed by atoms with Crippen LogP contribution in [0.15, 0.2) is 36.7 Å². The topological polar surface area (TPSA) is 56.3 Å². The zero-order chi connectivity index (χ0) is 13.1. The summed E-state index contributed by atoms with van der Waals surface area (Å²) >= 11 is 0. The first-order chi connectivity index (χ1) is 9.35. The summed E-state index contributed by atoms with van der Waals surface area (Å²) in [5.41, 5.74) is 1.25. The number of ether oxygens (including phenoxy) is 2. The Morgan fingerprint density at radius 3 is 2.84 bits per heavy atom. The summed E-state index contributed by atoms with van der Waals surface area (Å²) < 4.78 is 10.8. The van der Waals surface area contributed by atoms with Gasteiger partial charge in [0, 0.05) is 6.42 Å². The molecule has 5 heteroatoms. The predicted octanol–water partition coefficient (Wildman–Crippen LogP) is 1.90. The van der Waals surface area contributed by atoms with Crippen LogP contribution in [0.2, 0.25) is 0 Å². The molecular formula is C14H15N3O2. The van der Waals surface area contributed by atoms with Gasteiger partial charge in [0.25, 0.3) is 0 Å². The molecule has 2 heterocycles. The number of methoxy groups -OCH3 is 1. The fraction of sp³-hybridized carbons (Fsp3) is 0.286. The molecule has 1 aromatic heterocycles. The monoisotopic (exact) mass is 257 g/mol. The third-order valence-electron chi connectivity index (χ3n) is 3.07. The Morgan fingerprint density at radius 2 is 2.11 bits per heavy atom. The van der Waals surface area contributed by atoms with Crippen molar-refractivity contribution in [3.05, 3.63) is 42.2 Å². The number of hydrogen-bond donors (Lipinski definition) is 1. The lowest BCUT2D eigenvalue weighted by atomic mass is 10.1. The van der Waals surface area contributed by atoms with Crippen LogP contribution in [0, 0.1) is 0 Å². The molecule has 1 aromatic carbocycles. The molecule has 2 aromatic rings. The van der Waals surface area contributed by atoms with Crippen molar-refractivity contribution in [2.24, 2.45) is 0 Å². The average molecular weight is 257 g/mol. The Hall–Kier alpha value is -2.30. The van der Waals surface area contributed by atoms with Crippen LogP contribution in [0.5, 0.6) is 11.5 Å². The van der Waals surface area contributed by atoms with Crippen LogP contribution < -0.4 is 14.8 Å². The number of nitrogens with zero attached hydrogens (tertiary/aromatic N) is 2. The molecule has 0 radical (unpaired) electrons. The van der Waals surface area contributed by atoms with Gasteiger partial charge in [-0.05, 0) is 11.6 Å². The molecule has 19 heavy (non-hydrogen) atoms. The van der Waals surface area contributed by atoms with Gasteiger partial charge in [0.15, 0.2) is 5.75 Å². The highest BCUT2D eigenvalue weighted by Crippen LogP contribution is 2.28. The van der Waals surface area contributed by atoms with Gasteiger partial charge in [0.2, 0.25) is 5.95 Å². The maximum Gasteiger partial charge on any atom is 0.222 e. The number of nitrogens with one attached hydrogen (secondary N) is 1. The van der Waals surface area contributed by atoms with Gasteiger partial charge < -0.3 is 14.8 Å². The van der Waals surface area contributed by atoms with Crippen LogP contribution in [-0.4, -0.2) is 29.7 Å². The van der Waals surface area contributed by atoms with Gasteiger partial charge in [-0.2, -0.15) is 0 Å². The van der Waals surface area contributed by atoms with E-state index in [-0.39, 0.29) is 6.10 Å². The minimum atomic E-state index is 0.128. The predicted molar refractivity (Wildman–Crippen MR) is 71.6 cm³/mol. The van der Waals surface area contributed by atoms with E-state index in [1.54, 1.807) is 19.5 Å². The molecule has 0 saturated carbocycles. The highest BCUT2D eigenvalue weighted by molar-refractivity contribution is 5.38. The van der Waals surface area contributed by atoms with E-state index in [1.807, 2.05) is 18.2 Å². The quantitative estimate of drug-likeness (QED) is 0.906. The van der Waals surface area contributed by atoms with Gasteiger partial charge in [-0.25, -0.2) is 9.97 Å². The Labute approximate surface area is 111 Å². The van der Waals surface area contributed by atoms with Crippen LogP contribution in [-0.2, 0) is 6.42 Å². The zero-order valence-electron chi connectivity index (χ0n) is 10.7. The molecule has 1 aliphatic heterocycles. The van der Waals surface area contributed by atoms with Crippen molar-refractivity contribution < 1.29 is 9.47 Å². The maximum atomic E-state index is 5.83. The lowest BCUT2D eigenvalue weighted by Crippen LogP contribution is -2.24. The number of fused-ring (bicyclic) bond motifs is 1. The van der Waals surface area contributed by atoms with E-state index >= 15 is 0 Å². The Bertz CT molecular complexity index is 532. The van der Waals surface area contributed by atoms with Crippen molar-refractivity contribution in [3.8, 4) is 11.5 Å². The van der Waals surface area contributed by atoms with Gasteiger partial charge in [0.1, 0.15) is 11.9 Å². The minimum absolute atomic E-state index is 0.128. The lowest BCUT2D eigenvalue weighted by molar-refractivity contribution is 0.246. The first-order valence-corrected chi connectivity index (χ1v) is 6.19. The van der Waals surface area contributed by atoms with Gasteiger partial charge in [-0.15, -0.1) is 0 Å². The molecule has 0 aliphatic carbocycles. The molecule has 98 valence electrons. The van der Waals surface area contributed by atoms with Crippen molar-refractivity contribution in [2.75, 3.05) is 19.0 Å². The maximum absolute atomic E-state index is 5.83. The van der Waals surface area contributed by atoms with E-state index < -0.39 is 0 Å². The summed E-state index contributed by atoms with van der Waals surface area (Å²) in [5, 5.41) is 3.17. The van der Waals surface area contributed by atoms with Gasteiger partial charge in [-0.3, -0.25) is 0 Å². The Balaban J connectivity index is 1.56. The molecule has 0 spiro atoms. The SMILES string of the molecule is COc1cnc(NCC2Cc3ccccc3O2)nc1. The van der Waals surface area contributed by atoms with Crippen LogP contribution in [0.25, 0.3) is 0 Å². The fourth-order valence-corrected chi connectivity index (χ4v) is 2.09. The van der Waals surface area contributed by atoms with Crippen LogP contribution in [0.4, 0.5) is 5.95 Å². The molecule has 0 amide bonds. The third-order valence-corrected chi connectivity index (χ3v) is 3.07. The normalized spacial score (nSPS) is 16.6. The molecule has 5 nitrogen and oxygen atoms in total. The Morgan fingerprint density at radius 1 is 1.32 bits per heavy atom. The van der Waals surface area contributed by atoms with Gasteiger partial charge in [0.05, 0.1) is 26.0 Å². The van der Waals surface area contributed by atoms with E-state index in [0.29, 0.717) is 18.2 Å². The molecule has 0 fully saturated rings. The molecule has 1 N–H and O–H groups in total. The van der Waals surface area contributed by atoms with Crippen LogP contribution >= 0.6 is 0 Å². The van der Waals surface area contributed by atoms with E-state index in [0.717, 1.165) is 12.2 Å². The van der Waals surface area contributed by atoms with Crippen LogP contribution in [0.3, 0.4) is 0 Å². The zero-order valence-corrected chi connectivity index (χ0v) is 10.7. The van der Waals surface area contributed by atoms with E-state index in [9.17, 15) is 0 Å². The average Bonchev–Trinajstić information content (AvgIpc) is 2.88. The van der Waals surface area contributed by atoms with Crippen molar-refractivity contribution in [2.45, 2.75) is 12.5 Å². The van der Waals surface area contributed by atoms with E-state index in [1.165, 1.54) is 5.56 Å². The molecule has 1 unspecified atom stereocenters. The number of rotatable bonds is 4. The molecular weight excluding hydrogens is 242 g/mol. The molecule has 3 rings (SSSR count). The van der Waals surface area contributed by atoms with Crippen molar-refractivity contribution in [3.63, 3.8) is 0 Å². The van der Waals surface area contributed by atoms with Gasteiger partial charge in [-0.1, -0.05) is 18.2 Å². The highest BCUT2D eigenvalue weighted by Gasteiger charge is 2.21. The molecule has 1 aliphatic rings. The lowest BCUT2D eigenvalue weighted by Gasteiger charge is -2.11. The van der Waals surface area contributed by atoms with Crippen molar-refractivity contribution in [1.29, 1.82) is 0 Å².